The molecular weight excluding hydrogens is 442 g/mol. The Morgan fingerprint density at radius 1 is 0.943 bits per heavy atom. The Morgan fingerprint density at radius 3 is 2.31 bits per heavy atom. The van der Waals surface area contributed by atoms with E-state index >= 15 is 0 Å². The van der Waals surface area contributed by atoms with Gasteiger partial charge in [0.15, 0.2) is 5.78 Å². The molecule has 3 aromatic rings. The molecule has 1 aliphatic rings. The van der Waals surface area contributed by atoms with Crippen molar-refractivity contribution in [3.63, 3.8) is 0 Å². The minimum atomic E-state index is -0.521. The number of hydrogen-bond acceptors (Lipinski definition) is 5. The van der Waals surface area contributed by atoms with Gasteiger partial charge in [-0.2, -0.15) is 0 Å². The van der Waals surface area contributed by atoms with E-state index in [4.69, 9.17) is 5.11 Å². The number of carbonyl (C=O) groups excluding carboxylic acids is 3. The number of nitrogens with one attached hydrogen (secondary N) is 2. The van der Waals surface area contributed by atoms with Crippen molar-refractivity contribution in [1.82, 2.24) is 0 Å². The van der Waals surface area contributed by atoms with E-state index in [1.54, 1.807) is 19.1 Å². The number of aliphatic hydroxyl groups is 1. The number of carbonyl (C=O) groups is 3. The number of anilines is 3. The normalized spacial score (nSPS) is 16.9. The third-order valence-corrected chi connectivity index (χ3v) is 6.23. The van der Waals surface area contributed by atoms with Crippen molar-refractivity contribution >= 4 is 34.7 Å². The topological polar surface area (TPSA) is 98.7 Å². The van der Waals surface area contributed by atoms with Gasteiger partial charge in [-0.25, -0.2) is 0 Å². The fourth-order valence-electron chi connectivity index (χ4n) is 4.68. The summed E-state index contributed by atoms with van der Waals surface area (Å²) in [5.41, 5.74) is 5.82. The molecular formula is C28H29N3O4. The lowest BCUT2D eigenvalue weighted by molar-refractivity contribution is -0.117. The molecule has 180 valence electrons. The number of Topliss-reactive ketones (excluding diaryl/α,β-unsaturated/α-hetero) is 1. The number of aliphatic hydroxyl groups excluding tert-OH is 1. The van der Waals surface area contributed by atoms with Crippen LogP contribution in [0, 0.1) is 0 Å². The SMILES string of the molecule is CC(=O)Nc1cccc(-c2ccc3c(c2)C(Nc2ccc(C(=O)CO)cc2)CC(C)N3C(C)=O)c1. The number of amides is 2. The molecule has 0 saturated heterocycles. The highest BCUT2D eigenvalue weighted by atomic mass is 16.3. The summed E-state index contributed by atoms with van der Waals surface area (Å²) in [5, 5.41) is 15.5. The lowest BCUT2D eigenvalue weighted by Crippen LogP contribution is -2.43. The maximum atomic E-state index is 12.5. The Kier molecular flexibility index (Phi) is 6.98. The summed E-state index contributed by atoms with van der Waals surface area (Å²) in [6, 6.07) is 20.7. The molecule has 0 spiro atoms. The van der Waals surface area contributed by atoms with Gasteiger partial charge < -0.3 is 20.6 Å². The molecule has 2 unspecified atom stereocenters. The molecule has 0 aliphatic carbocycles. The molecule has 0 radical (unpaired) electrons. The quantitative estimate of drug-likeness (QED) is 0.449. The van der Waals surface area contributed by atoms with Crippen molar-refractivity contribution in [2.45, 2.75) is 39.3 Å². The maximum Gasteiger partial charge on any atom is 0.224 e. The van der Waals surface area contributed by atoms with Crippen molar-refractivity contribution in [3.8, 4) is 11.1 Å². The van der Waals surface area contributed by atoms with Crippen LogP contribution in [0.25, 0.3) is 11.1 Å². The van der Waals surface area contributed by atoms with Gasteiger partial charge in [0, 0.05) is 42.5 Å². The molecule has 4 rings (SSSR count). The van der Waals surface area contributed by atoms with E-state index < -0.39 is 6.61 Å². The predicted molar refractivity (Wildman–Crippen MR) is 138 cm³/mol. The Hall–Kier alpha value is -3.97. The summed E-state index contributed by atoms with van der Waals surface area (Å²) in [7, 11) is 0. The summed E-state index contributed by atoms with van der Waals surface area (Å²) in [5.74, 6) is -0.462. The molecule has 1 aliphatic heterocycles. The first kappa shape index (κ1) is 24.2. The van der Waals surface area contributed by atoms with E-state index in [1.807, 2.05) is 60.4 Å². The molecule has 7 nitrogen and oxygen atoms in total. The smallest absolute Gasteiger partial charge is 0.224 e. The molecule has 0 fully saturated rings. The Labute approximate surface area is 204 Å². The first-order chi connectivity index (χ1) is 16.8. The van der Waals surface area contributed by atoms with Crippen LogP contribution in [-0.4, -0.2) is 35.4 Å². The third kappa shape index (κ3) is 5.25. The largest absolute Gasteiger partial charge is 0.388 e. The van der Waals surface area contributed by atoms with Crippen LogP contribution < -0.4 is 15.5 Å². The fraction of sp³-hybridized carbons (Fsp3) is 0.250. The minimum Gasteiger partial charge on any atom is -0.388 e. The van der Waals surface area contributed by atoms with Gasteiger partial charge in [0.2, 0.25) is 11.8 Å². The average molecular weight is 472 g/mol. The second kappa shape index (κ2) is 10.1. The second-order valence-electron chi connectivity index (χ2n) is 8.86. The highest BCUT2D eigenvalue weighted by Crippen LogP contribution is 2.41. The van der Waals surface area contributed by atoms with Crippen LogP contribution in [0.1, 0.15) is 49.2 Å². The predicted octanol–water partition coefficient (Wildman–Crippen LogP) is 4.79. The first-order valence-electron chi connectivity index (χ1n) is 11.6. The maximum absolute atomic E-state index is 12.5. The van der Waals surface area contributed by atoms with E-state index in [-0.39, 0.29) is 29.7 Å². The Bertz CT molecular complexity index is 1270. The van der Waals surface area contributed by atoms with Gasteiger partial charge >= 0.3 is 0 Å². The van der Waals surface area contributed by atoms with Gasteiger partial charge in [-0.3, -0.25) is 14.4 Å². The molecule has 1 heterocycles. The highest BCUT2D eigenvalue weighted by molar-refractivity contribution is 5.97. The zero-order valence-electron chi connectivity index (χ0n) is 20.0. The molecule has 0 saturated carbocycles. The van der Waals surface area contributed by atoms with E-state index in [0.29, 0.717) is 12.0 Å². The Balaban J connectivity index is 1.71. The van der Waals surface area contributed by atoms with E-state index in [2.05, 4.69) is 16.7 Å². The molecule has 2 amide bonds. The summed E-state index contributed by atoms with van der Waals surface area (Å²) >= 11 is 0. The summed E-state index contributed by atoms with van der Waals surface area (Å²) in [4.78, 5) is 37.5. The van der Waals surface area contributed by atoms with Gasteiger partial charge in [0.1, 0.15) is 6.61 Å². The number of benzene rings is 3. The zero-order chi connectivity index (χ0) is 25.1. The van der Waals surface area contributed by atoms with E-state index in [0.717, 1.165) is 33.8 Å². The standard InChI is InChI=1S/C28H29N3O4/c1-17-13-26(30-23-10-7-20(8-11-23)28(35)16-32)25-15-22(9-12-27(25)31(17)19(3)34)21-5-4-6-24(14-21)29-18(2)33/h4-12,14-15,17,26,30,32H,13,16H2,1-3H3,(H,29,33). The van der Waals surface area contributed by atoms with Crippen LogP contribution in [0.15, 0.2) is 66.7 Å². The lowest BCUT2D eigenvalue weighted by Gasteiger charge is -2.39. The summed E-state index contributed by atoms with van der Waals surface area (Å²) in [6.45, 7) is 4.57. The van der Waals surface area contributed by atoms with Crippen molar-refractivity contribution in [3.05, 3.63) is 77.9 Å². The fourth-order valence-corrected chi connectivity index (χ4v) is 4.68. The molecule has 3 N–H and O–H groups in total. The molecule has 0 bridgehead atoms. The zero-order valence-corrected chi connectivity index (χ0v) is 20.0. The van der Waals surface area contributed by atoms with Crippen molar-refractivity contribution in [2.75, 3.05) is 22.1 Å². The van der Waals surface area contributed by atoms with Gasteiger partial charge in [-0.05, 0) is 78.6 Å². The van der Waals surface area contributed by atoms with Crippen molar-refractivity contribution < 1.29 is 19.5 Å². The minimum absolute atomic E-state index is 0.00156. The monoisotopic (exact) mass is 471 g/mol. The van der Waals surface area contributed by atoms with Gasteiger partial charge in [-0.15, -0.1) is 0 Å². The average Bonchev–Trinajstić information content (AvgIpc) is 2.83. The summed E-state index contributed by atoms with van der Waals surface area (Å²) in [6.07, 6.45) is 0.708. The van der Waals surface area contributed by atoms with Crippen LogP contribution in [0.2, 0.25) is 0 Å². The number of nitrogens with zero attached hydrogens (tertiary/aromatic N) is 1. The molecule has 3 aromatic carbocycles. The number of fused-ring (bicyclic) bond motifs is 1. The van der Waals surface area contributed by atoms with Crippen molar-refractivity contribution in [2.24, 2.45) is 0 Å². The Morgan fingerprint density at radius 2 is 1.66 bits per heavy atom. The number of ketones is 1. The molecule has 35 heavy (non-hydrogen) atoms. The second-order valence-corrected chi connectivity index (χ2v) is 8.86. The highest BCUT2D eigenvalue weighted by Gasteiger charge is 2.32. The van der Waals surface area contributed by atoms with E-state index in [9.17, 15) is 14.4 Å². The first-order valence-corrected chi connectivity index (χ1v) is 11.6. The van der Waals surface area contributed by atoms with Gasteiger partial charge in [0.05, 0.1) is 6.04 Å². The van der Waals surface area contributed by atoms with Crippen LogP contribution >= 0.6 is 0 Å². The van der Waals surface area contributed by atoms with Crippen LogP contribution in [0.4, 0.5) is 17.1 Å². The lowest BCUT2D eigenvalue weighted by atomic mass is 9.88. The van der Waals surface area contributed by atoms with E-state index in [1.165, 1.54) is 6.92 Å². The van der Waals surface area contributed by atoms with Crippen LogP contribution in [0.5, 0.6) is 0 Å². The van der Waals surface area contributed by atoms with Crippen LogP contribution in [-0.2, 0) is 9.59 Å². The summed E-state index contributed by atoms with van der Waals surface area (Å²) < 4.78 is 0. The molecule has 2 atom stereocenters. The number of hydrogen-bond donors (Lipinski definition) is 3. The van der Waals surface area contributed by atoms with Gasteiger partial charge in [-0.1, -0.05) is 18.2 Å². The molecule has 0 aromatic heterocycles. The van der Waals surface area contributed by atoms with Crippen molar-refractivity contribution in [1.29, 1.82) is 0 Å². The third-order valence-electron chi connectivity index (χ3n) is 6.23. The molecule has 7 heteroatoms. The van der Waals surface area contributed by atoms with Gasteiger partial charge in [0.25, 0.3) is 0 Å². The van der Waals surface area contributed by atoms with Crippen LogP contribution in [0.3, 0.4) is 0 Å². The number of rotatable bonds is 6.